The Morgan fingerprint density at radius 3 is 2.46 bits per heavy atom. The summed E-state index contributed by atoms with van der Waals surface area (Å²) < 4.78 is 0. The molecule has 0 bridgehead atoms. The normalized spacial score (nSPS) is 16.1. The molecule has 0 aromatic carbocycles. The van der Waals surface area contributed by atoms with Crippen LogP contribution in [-0.4, -0.2) is 34.5 Å². The molecule has 0 saturated heterocycles. The maximum Gasteiger partial charge on any atom is 0.328 e. The predicted octanol–water partition coefficient (Wildman–Crippen LogP) is 0.638. The summed E-state index contributed by atoms with van der Waals surface area (Å²) in [5.41, 5.74) is 0. The number of carbonyl (C=O) groups excluding carboxylic acids is 1. The molecule has 13 heavy (non-hydrogen) atoms. The molecule has 0 aromatic rings. The van der Waals surface area contributed by atoms with Crippen LogP contribution in [0, 0.1) is 0 Å². The van der Waals surface area contributed by atoms with Gasteiger partial charge in [-0.3, -0.25) is 4.79 Å². The Morgan fingerprint density at radius 1 is 1.46 bits per heavy atom. The van der Waals surface area contributed by atoms with Gasteiger partial charge >= 0.3 is 5.97 Å². The molecule has 72 valence electrons. The third kappa shape index (κ3) is 2.89. The van der Waals surface area contributed by atoms with Crippen LogP contribution in [0.1, 0.15) is 19.8 Å². The monoisotopic (exact) mass is 183 g/mol. The summed E-state index contributed by atoms with van der Waals surface area (Å²) in [6, 6.07) is 0.343. The number of aliphatic carboxylic acids is 1. The van der Waals surface area contributed by atoms with E-state index in [1.807, 2.05) is 6.92 Å². The van der Waals surface area contributed by atoms with Gasteiger partial charge in [0.25, 0.3) is 0 Å². The van der Waals surface area contributed by atoms with Crippen LogP contribution in [0.15, 0.2) is 12.2 Å². The van der Waals surface area contributed by atoms with E-state index in [4.69, 9.17) is 5.11 Å². The molecule has 1 aliphatic carbocycles. The molecule has 1 saturated carbocycles. The first-order valence-electron chi connectivity index (χ1n) is 4.36. The average molecular weight is 183 g/mol. The summed E-state index contributed by atoms with van der Waals surface area (Å²) in [6.45, 7) is 2.54. The number of carboxylic acids is 1. The van der Waals surface area contributed by atoms with Crippen LogP contribution in [-0.2, 0) is 9.59 Å². The molecule has 0 spiro atoms. The van der Waals surface area contributed by atoms with Crippen molar-refractivity contribution in [2.75, 3.05) is 6.54 Å². The van der Waals surface area contributed by atoms with E-state index in [2.05, 4.69) is 0 Å². The Morgan fingerprint density at radius 2 is 2.08 bits per heavy atom. The summed E-state index contributed by atoms with van der Waals surface area (Å²) >= 11 is 0. The van der Waals surface area contributed by atoms with Crippen molar-refractivity contribution in [2.45, 2.75) is 25.8 Å². The molecule has 0 unspecified atom stereocenters. The second-order valence-electron chi connectivity index (χ2n) is 3.03. The number of carbonyl (C=O) groups is 2. The van der Waals surface area contributed by atoms with Crippen molar-refractivity contribution in [1.82, 2.24) is 4.90 Å². The largest absolute Gasteiger partial charge is 0.478 e. The maximum atomic E-state index is 11.3. The Kier molecular flexibility index (Phi) is 3.06. The molecular formula is C9H13NO3. The smallest absolute Gasteiger partial charge is 0.328 e. The van der Waals surface area contributed by atoms with E-state index in [1.165, 1.54) is 0 Å². The van der Waals surface area contributed by atoms with Gasteiger partial charge in [-0.1, -0.05) is 0 Å². The summed E-state index contributed by atoms with van der Waals surface area (Å²) in [4.78, 5) is 23.2. The zero-order valence-corrected chi connectivity index (χ0v) is 7.56. The number of likely N-dealkylation sites (N-methyl/N-ethyl adjacent to an activating group) is 1. The molecule has 4 nitrogen and oxygen atoms in total. The van der Waals surface area contributed by atoms with Crippen LogP contribution in [0.3, 0.4) is 0 Å². The second-order valence-corrected chi connectivity index (χ2v) is 3.03. The number of carboxylic acid groups (broad SMARTS) is 1. The fourth-order valence-electron chi connectivity index (χ4n) is 1.22. The number of hydrogen-bond acceptors (Lipinski definition) is 2. The van der Waals surface area contributed by atoms with Gasteiger partial charge in [0.05, 0.1) is 0 Å². The molecule has 1 amide bonds. The van der Waals surface area contributed by atoms with Gasteiger partial charge in [0.1, 0.15) is 0 Å². The Balaban J connectivity index is 2.48. The van der Waals surface area contributed by atoms with Gasteiger partial charge in [-0.2, -0.15) is 0 Å². The van der Waals surface area contributed by atoms with E-state index >= 15 is 0 Å². The standard InChI is InChI=1S/C9H13NO3/c1-2-10(7-3-4-7)8(11)5-6-9(12)13/h5-7H,2-4H2,1H3,(H,12,13)/b6-5+. The number of hydrogen-bond donors (Lipinski definition) is 1. The number of amides is 1. The highest BCUT2D eigenvalue weighted by Gasteiger charge is 2.30. The highest BCUT2D eigenvalue weighted by Crippen LogP contribution is 2.26. The zero-order valence-electron chi connectivity index (χ0n) is 7.56. The summed E-state index contributed by atoms with van der Waals surface area (Å²) in [7, 11) is 0. The molecule has 4 heteroatoms. The Labute approximate surface area is 76.8 Å². The van der Waals surface area contributed by atoms with Gasteiger partial charge in [-0.15, -0.1) is 0 Å². The minimum atomic E-state index is -1.08. The van der Waals surface area contributed by atoms with Gasteiger partial charge in [0, 0.05) is 24.7 Å². The molecular weight excluding hydrogens is 170 g/mol. The minimum Gasteiger partial charge on any atom is -0.478 e. The summed E-state index contributed by atoms with van der Waals surface area (Å²) in [5.74, 6) is -1.28. The van der Waals surface area contributed by atoms with Crippen LogP contribution >= 0.6 is 0 Å². The maximum absolute atomic E-state index is 11.3. The van der Waals surface area contributed by atoms with Crippen LogP contribution in [0.2, 0.25) is 0 Å². The first kappa shape index (κ1) is 9.77. The van der Waals surface area contributed by atoms with Crippen LogP contribution in [0.4, 0.5) is 0 Å². The fraction of sp³-hybridized carbons (Fsp3) is 0.556. The summed E-state index contributed by atoms with van der Waals surface area (Å²) in [5, 5.41) is 8.31. The zero-order chi connectivity index (χ0) is 9.84. The van der Waals surface area contributed by atoms with E-state index in [1.54, 1.807) is 4.90 Å². The van der Waals surface area contributed by atoms with Crippen LogP contribution < -0.4 is 0 Å². The van der Waals surface area contributed by atoms with Gasteiger partial charge in [0.2, 0.25) is 5.91 Å². The molecule has 0 heterocycles. The molecule has 1 rings (SSSR count). The lowest BCUT2D eigenvalue weighted by Crippen LogP contribution is -2.31. The predicted molar refractivity (Wildman–Crippen MR) is 47.2 cm³/mol. The van der Waals surface area contributed by atoms with Gasteiger partial charge < -0.3 is 10.0 Å². The van der Waals surface area contributed by atoms with E-state index in [9.17, 15) is 9.59 Å². The third-order valence-electron chi connectivity index (χ3n) is 1.98. The van der Waals surface area contributed by atoms with Crippen molar-refractivity contribution in [3.05, 3.63) is 12.2 Å². The first-order valence-corrected chi connectivity index (χ1v) is 4.36. The molecule has 0 radical (unpaired) electrons. The lowest BCUT2D eigenvalue weighted by atomic mass is 10.4. The SMILES string of the molecule is CCN(C(=O)/C=C/C(=O)O)C1CC1. The number of rotatable bonds is 4. The molecule has 1 aliphatic rings. The van der Waals surface area contributed by atoms with Crippen molar-refractivity contribution in [3.63, 3.8) is 0 Å². The lowest BCUT2D eigenvalue weighted by molar-refractivity contribution is -0.132. The molecule has 0 atom stereocenters. The van der Waals surface area contributed by atoms with Crippen molar-refractivity contribution in [1.29, 1.82) is 0 Å². The van der Waals surface area contributed by atoms with Crippen molar-refractivity contribution >= 4 is 11.9 Å². The van der Waals surface area contributed by atoms with Gasteiger partial charge in [-0.05, 0) is 19.8 Å². The Bertz CT molecular complexity index is 243. The van der Waals surface area contributed by atoms with E-state index < -0.39 is 5.97 Å². The lowest BCUT2D eigenvalue weighted by Gasteiger charge is -2.17. The van der Waals surface area contributed by atoms with Gasteiger partial charge in [0.15, 0.2) is 0 Å². The number of nitrogens with zero attached hydrogens (tertiary/aromatic N) is 1. The molecule has 0 aromatic heterocycles. The van der Waals surface area contributed by atoms with E-state index in [0.717, 1.165) is 25.0 Å². The molecule has 0 aliphatic heterocycles. The molecule has 1 N–H and O–H groups in total. The first-order chi connectivity index (χ1) is 6.15. The van der Waals surface area contributed by atoms with Crippen molar-refractivity contribution in [2.24, 2.45) is 0 Å². The van der Waals surface area contributed by atoms with Crippen molar-refractivity contribution < 1.29 is 14.7 Å². The van der Waals surface area contributed by atoms with Gasteiger partial charge in [-0.25, -0.2) is 4.79 Å². The third-order valence-corrected chi connectivity index (χ3v) is 1.98. The van der Waals surface area contributed by atoms with Crippen LogP contribution in [0.25, 0.3) is 0 Å². The second kappa shape index (κ2) is 4.07. The Hall–Kier alpha value is -1.32. The highest BCUT2D eigenvalue weighted by molar-refractivity contribution is 5.94. The minimum absolute atomic E-state index is 0.201. The van der Waals surface area contributed by atoms with Crippen molar-refractivity contribution in [3.8, 4) is 0 Å². The summed E-state index contributed by atoms with van der Waals surface area (Å²) in [6.07, 6.45) is 4.08. The topological polar surface area (TPSA) is 57.6 Å². The average Bonchev–Trinajstić information content (AvgIpc) is 2.86. The quantitative estimate of drug-likeness (QED) is 0.650. The fourth-order valence-corrected chi connectivity index (χ4v) is 1.22. The van der Waals surface area contributed by atoms with Crippen LogP contribution in [0.5, 0.6) is 0 Å². The van der Waals surface area contributed by atoms with E-state index in [0.29, 0.717) is 12.6 Å². The highest BCUT2D eigenvalue weighted by atomic mass is 16.4. The van der Waals surface area contributed by atoms with E-state index in [-0.39, 0.29) is 5.91 Å². The molecule has 1 fully saturated rings.